The van der Waals surface area contributed by atoms with E-state index in [0.717, 1.165) is 4.80 Å². The normalized spacial score (nSPS) is 24.7. The zero-order chi connectivity index (χ0) is 19.4. The Kier molecular flexibility index (Phi) is 6.21. The number of carbonyl (C=O) groups is 3. The van der Waals surface area contributed by atoms with Gasteiger partial charge in [0.25, 0.3) is 0 Å². The molecule has 11 nitrogen and oxygen atoms in total. The van der Waals surface area contributed by atoms with E-state index in [-0.39, 0.29) is 17.3 Å². The van der Waals surface area contributed by atoms with Crippen molar-refractivity contribution in [1.82, 2.24) is 15.0 Å². The molecule has 1 aromatic heterocycles. The molecule has 26 heavy (non-hydrogen) atoms. The lowest BCUT2D eigenvalue weighted by Gasteiger charge is -2.22. The summed E-state index contributed by atoms with van der Waals surface area (Å²) in [5.74, 6) is -1.80. The van der Waals surface area contributed by atoms with Crippen molar-refractivity contribution in [3.05, 3.63) is 11.9 Å². The molecule has 2 N–H and O–H groups in total. The molecule has 1 aromatic rings. The average Bonchev–Trinajstić information content (AvgIpc) is 3.11. The number of thiocarbonyl (C=S) groups is 1. The highest BCUT2D eigenvalue weighted by molar-refractivity contribution is 7.80. The van der Waals surface area contributed by atoms with Gasteiger partial charge in [-0.3, -0.25) is 14.4 Å². The van der Waals surface area contributed by atoms with Gasteiger partial charge in [-0.05, 0) is 0 Å². The summed E-state index contributed by atoms with van der Waals surface area (Å²) in [5, 5.41) is 8.06. The fraction of sp³-hybridized carbons (Fsp3) is 0.571. The second-order valence-electron chi connectivity index (χ2n) is 5.43. The van der Waals surface area contributed by atoms with Gasteiger partial charge in [0.15, 0.2) is 12.2 Å². The Labute approximate surface area is 153 Å². The Bertz CT molecular complexity index is 722. The van der Waals surface area contributed by atoms with Gasteiger partial charge in [0, 0.05) is 20.8 Å². The molecule has 4 atom stereocenters. The minimum Gasteiger partial charge on any atom is -0.463 e. The molecule has 0 bridgehead atoms. The number of aromatic nitrogens is 3. The van der Waals surface area contributed by atoms with Crippen LogP contribution >= 0.6 is 12.2 Å². The summed E-state index contributed by atoms with van der Waals surface area (Å²) in [7, 11) is 0. The fourth-order valence-corrected chi connectivity index (χ4v) is 2.48. The highest BCUT2D eigenvalue weighted by atomic mass is 32.1. The Morgan fingerprint density at radius 2 is 1.81 bits per heavy atom. The Hall–Kier alpha value is -2.60. The van der Waals surface area contributed by atoms with E-state index in [1.54, 1.807) is 0 Å². The van der Waals surface area contributed by atoms with E-state index in [9.17, 15) is 14.4 Å². The summed E-state index contributed by atoms with van der Waals surface area (Å²) in [6.45, 7) is 3.39. The zero-order valence-corrected chi connectivity index (χ0v) is 15.1. The van der Waals surface area contributed by atoms with Gasteiger partial charge in [0.05, 0.1) is 6.20 Å². The number of nitrogens with two attached hydrogens (primary N) is 1. The Morgan fingerprint density at radius 3 is 2.31 bits per heavy atom. The lowest BCUT2D eigenvalue weighted by Crippen LogP contribution is -2.40. The van der Waals surface area contributed by atoms with Crippen molar-refractivity contribution in [2.75, 3.05) is 6.61 Å². The lowest BCUT2D eigenvalue weighted by molar-refractivity contribution is -0.166. The van der Waals surface area contributed by atoms with Crippen LogP contribution < -0.4 is 5.73 Å². The molecule has 0 unspecified atom stereocenters. The number of rotatable bonds is 6. The van der Waals surface area contributed by atoms with Crippen LogP contribution in [-0.4, -0.2) is 62.8 Å². The highest BCUT2D eigenvalue weighted by Gasteiger charge is 2.51. The van der Waals surface area contributed by atoms with Crippen molar-refractivity contribution in [3.63, 3.8) is 0 Å². The first-order chi connectivity index (χ1) is 12.2. The van der Waals surface area contributed by atoms with Crippen LogP contribution in [0.1, 0.15) is 32.7 Å². The Morgan fingerprint density at radius 1 is 1.19 bits per heavy atom. The lowest BCUT2D eigenvalue weighted by atomic mass is 10.1. The quantitative estimate of drug-likeness (QED) is 0.374. The summed E-state index contributed by atoms with van der Waals surface area (Å²) in [4.78, 5) is 35.2. The van der Waals surface area contributed by atoms with Gasteiger partial charge in [-0.2, -0.15) is 9.90 Å². The maximum Gasteiger partial charge on any atom is 0.303 e. The molecule has 2 rings (SSSR count). The first kappa shape index (κ1) is 19.7. The summed E-state index contributed by atoms with van der Waals surface area (Å²) >= 11 is 4.83. The maximum absolute atomic E-state index is 11.5. The number of nitrogens with zero attached hydrogens (tertiary/aromatic N) is 3. The van der Waals surface area contributed by atoms with Crippen molar-refractivity contribution in [1.29, 1.82) is 0 Å². The van der Waals surface area contributed by atoms with Gasteiger partial charge in [-0.1, -0.05) is 12.2 Å². The molecule has 0 aliphatic carbocycles. The molecule has 1 aliphatic heterocycles. The number of carbonyl (C=O) groups excluding carboxylic acids is 3. The van der Waals surface area contributed by atoms with E-state index in [0.29, 0.717) is 0 Å². The maximum atomic E-state index is 11.5. The van der Waals surface area contributed by atoms with Crippen molar-refractivity contribution in [2.45, 2.75) is 45.3 Å². The second kappa shape index (κ2) is 8.19. The fourth-order valence-electron chi connectivity index (χ4n) is 2.39. The van der Waals surface area contributed by atoms with Crippen molar-refractivity contribution in [2.24, 2.45) is 5.73 Å². The molecule has 0 spiro atoms. The van der Waals surface area contributed by atoms with E-state index >= 15 is 0 Å². The van der Waals surface area contributed by atoms with E-state index in [4.69, 9.17) is 36.9 Å². The SMILES string of the molecule is CC(=O)OC[C@H]1O[C@@H](n2ncc(C(N)=S)n2)[C@H](OC(C)=O)[C@@H]1OC(C)=O. The van der Waals surface area contributed by atoms with Gasteiger partial charge in [0.1, 0.15) is 23.4 Å². The number of hydrogen-bond acceptors (Lipinski definition) is 10. The first-order valence-corrected chi connectivity index (χ1v) is 7.94. The molecular formula is C14H18N4O7S. The van der Waals surface area contributed by atoms with Gasteiger partial charge >= 0.3 is 17.9 Å². The van der Waals surface area contributed by atoms with Crippen LogP contribution in [0.2, 0.25) is 0 Å². The van der Waals surface area contributed by atoms with E-state index in [1.165, 1.54) is 27.0 Å². The van der Waals surface area contributed by atoms with Gasteiger partial charge in [-0.25, -0.2) is 0 Å². The van der Waals surface area contributed by atoms with Crippen LogP contribution in [0.4, 0.5) is 0 Å². The molecule has 1 aliphatic rings. The Balaban J connectivity index is 2.33. The minimum absolute atomic E-state index is 0.0197. The molecule has 12 heteroatoms. The number of ether oxygens (including phenoxy) is 4. The highest BCUT2D eigenvalue weighted by Crippen LogP contribution is 2.33. The number of hydrogen-bond donors (Lipinski definition) is 1. The van der Waals surface area contributed by atoms with Crippen molar-refractivity contribution >= 4 is 35.1 Å². The predicted octanol–water partition coefficient (Wildman–Crippen LogP) is -0.764. The van der Waals surface area contributed by atoms with Crippen LogP contribution in [-0.2, 0) is 33.3 Å². The summed E-state index contributed by atoms with van der Waals surface area (Å²) in [6, 6.07) is 0. The van der Waals surface area contributed by atoms with Gasteiger partial charge in [-0.15, -0.1) is 5.10 Å². The molecule has 142 valence electrons. The van der Waals surface area contributed by atoms with E-state index in [1.807, 2.05) is 0 Å². The van der Waals surface area contributed by atoms with Crippen molar-refractivity contribution in [3.8, 4) is 0 Å². The molecule has 0 radical (unpaired) electrons. The summed E-state index contributed by atoms with van der Waals surface area (Å²) in [6.07, 6.45) is -2.71. The molecule has 0 amide bonds. The minimum atomic E-state index is -1.07. The van der Waals surface area contributed by atoms with E-state index < -0.39 is 42.4 Å². The predicted molar refractivity (Wildman–Crippen MR) is 87.6 cm³/mol. The van der Waals surface area contributed by atoms with Crippen LogP contribution in [0.3, 0.4) is 0 Å². The third-order valence-electron chi connectivity index (χ3n) is 3.33. The third kappa shape index (κ3) is 4.73. The molecule has 1 fully saturated rings. The van der Waals surface area contributed by atoms with Gasteiger partial charge in [0.2, 0.25) is 6.23 Å². The van der Waals surface area contributed by atoms with Crippen LogP contribution in [0.25, 0.3) is 0 Å². The third-order valence-corrected chi connectivity index (χ3v) is 3.54. The average molecular weight is 386 g/mol. The van der Waals surface area contributed by atoms with Crippen LogP contribution in [0.5, 0.6) is 0 Å². The van der Waals surface area contributed by atoms with Crippen LogP contribution in [0.15, 0.2) is 6.20 Å². The largest absolute Gasteiger partial charge is 0.463 e. The molecule has 2 heterocycles. The monoisotopic (exact) mass is 386 g/mol. The number of esters is 3. The second-order valence-corrected chi connectivity index (χ2v) is 5.87. The zero-order valence-electron chi connectivity index (χ0n) is 14.3. The molecule has 0 aromatic carbocycles. The van der Waals surface area contributed by atoms with Crippen molar-refractivity contribution < 1.29 is 33.3 Å². The molecule has 0 saturated carbocycles. The standard InChI is InChI=1S/C14H18N4O7S/c1-6(19)22-5-10-11(23-7(2)20)12(24-8(3)21)14(25-10)18-16-4-9(17-18)13(15)26/h4,10-12,14H,5H2,1-3H3,(H2,15,26)/t10-,11-,12-,14-/m1/s1. The molecular weight excluding hydrogens is 368 g/mol. The molecule has 1 saturated heterocycles. The topological polar surface area (TPSA) is 145 Å². The first-order valence-electron chi connectivity index (χ1n) is 7.54. The summed E-state index contributed by atoms with van der Waals surface area (Å²) in [5.41, 5.74) is 5.74. The van der Waals surface area contributed by atoms with E-state index in [2.05, 4.69) is 10.2 Å². The summed E-state index contributed by atoms with van der Waals surface area (Å²) < 4.78 is 21.1. The van der Waals surface area contributed by atoms with Crippen LogP contribution in [0, 0.1) is 0 Å². The smallest absolute Gasteiger partial charge is 0.303 e. The van der Waals surface area contributed by atoms with Gasteiger partial charge < -0.3 is 24.7 Å².